The van der Waals surface area contributed by atoms with Crippen LogP contribution in [0.2, 0.25) is 5.02 Å². The Bertz CT molecular complexity index is 652. The van der Waals surface area contributed by atoms with Crippen molar-refractivity contribution < 1.29 is 19.4 Å². The lowest BCUT2D eigenvalue weighted by atomic mass is 9.85. The van der Waals surface area contributed by atoms with Gasteiger partial charge in [-0.15, -0.1) is 0 Å². The molecule has 0 saturated heterocycles. The maximum Gasteiger partial charge on any atom is 0.314 e. The summed E-state index contributed by atoms with van der Waals surface area (Å²) in [7, 11) is 0. The number of nitrogens with zero attached hydrogens (tertiary/aromatic N) is 1. The second-order valence-electron chi connectivity index (χ2n) is 5.98. The third-order valence-electron chi connectivity index (χ3n) is 3.80. The minimum Gasteiger partial charge on any atom is -0.467 e. The average molecular weight is 352 g/mol. The highest BCUT2D eigenvalue weighted by atomic mass is 35.5. The molecule has 1 aromatic heterocycles. The van der Waals surface area contributed by atoms with Gasteiger partial charge < -0.3 is 19.1 Å². The van der Waals surface area contributed by atoms with Crippen LogP contribution in [-0.2, 0) is 9.53 Å². The number of ether oxygens (including phenoxy) is 2. The molecule has 0 spiro atoms. The van der Waals surface area contributed by atoms with E-state index in [2.05, 4.69) is 0 Å². The summed E-state index contributed by atoms with van der Waals surface area (Å²) in [5.74, 6) is 0.0613. The molecule has 1 heterocycles. The number of hydrogen-bond donors (Lipinski definition) is 1. The van der Waals surface area contributed by atoms with E-state index in [4.69, 9.17) is 21.1 Å². The number of carbonyl (C=O) groups excluding carboxylic acids is 1. The fourth-order valence-electron chi connectivity index (χ4n) is 2.25. The van der Waals surface area contributed by atoms with E-state index in [-0.39, 0.29) is 6.61 Å². The zero-order valence-electron chi connectivity index (χ0n) is 14.0. The molecule has 0 aliphatic heterocycles. The van der Waals surface area contributed by atoms with Crippen molar-refractivity contribution in [2.75, 3.05) is 6.61 Å². The Hall–Kier alpha value is -1.98. The molecule has 130 valence electrons. The molecule has 2 rings (SSSR count). The van der Waals surface area contributed by atoms with Crippen molar-refractivity contribution in [3.63, 3.8) is 0 Å². The maximum absolute atomic E-state index is 12.2. The molecule has 1 N–H and O–H groups in total. The van der Waals surface area contributed by atoms with Crippen molar-refractivity contribution in [3.8, 4) is 5.75 Å². The van der Waals surface area contributed by atoms with Crippen molar-refractivity contribution in [2.45, 2.75) is 33.1 Å². The van der Waals surface area contributed by atoms with Crippen LogP contribution >= 0.6 is 11.6 Å². The lowest BCUT2D eigenvalue weighted by Gasteiger charge is -2.34. The van der Waals surface area contributed by atoms with Gasteiger partial charge in [0.2, 0.25) is 6.23 Å². The van der Waals surface area contributed by atoms with Crippen LogP contribution < -0.4 is 4.74 Å². The molecule has 1 aromatic carbocycles. The molecule has 2 aromatic rings. The van der Waals surface area contributed by atoms with E-state index in [0.29, 0.717) is 10.8 Å². The van der Waals surface area contributed by atoms with Gasteiger partial charge in [-0.05, 0) is 57.2 Å². The molecule has 2 unspecified atom stereocenters. The van der Waals surface area contributed by atoms with E-state index in [0.717, 1.165) is 0 Å². The first-order valence-electron chi connectivity index (χ1n) is 7.76. The van der Waals surface area contributed by atoms with Crippen LogP contribution in [0.3, 0.4) is 0 Å². The van der Waals surface area contributed by atoms with Crippen molar-refractivity contribution in [2.24, 2.45) is 5.41 Å². The Labute approximate surface area is 146 Å². The van der Waals surface area contributed by atoms with Crippen LogP contribution in [-0.4, -0.2) is 28.4 Å². The minimum atomic E-state index is -1.14. The highest BCUT2D eigenvalue weighted by molar-refractivity contribution is 6.30. The van der Waals surface area contributed by atoms with Crippen molar-refractivity contribution >= 4 is 17.6 Å². The van der Waals surface area contributed by atoms with Gasteiger partial charge in [0, 0.05) is 17.4 Å². The largest absolute Gasteiger partial charge is 0.467 e. The third kappa shape index (κ3) is 4.10. The molecular formula is C18H22ClNO4. The predicted molar refractivity (Wildman–Crippen MR) is 92.0 cm³/mol. The Kier molecular flexibility index (Phi) is 5.91. The summed E-state index contributed by atoms with van der Waals surface area (Å²) < 4.78 is 12.7. The number of rotatable bonds is 7. The van der Waals surface area contributed by atoms with Crippen molar-refractivity contribution in [1.82, 2.24) is 4.57 Å². The summed E-state index contributed by atoms with van der Waals surface area (Å²) in [5.41, 5.74) is -1.14. The topological polar surface area (TPSA) is 60.7 Å². The van der Waals surface area contributed by atoms with Crippen LogP contribution in [0.1, 0.15) is 27.0 Å². The molecule has 24 heavy (non-hydrogen) atoms. The molecule has 6 heteroatoms. The average Bonchev–Trinajstić information content (AvgIpc) is 3.08. The first kappa shape index (κ1) is 18.4. The molecule has 0 fully saturated rings. The summed E-state index contributed by atoms with van der Waals surface area (Å²) in [4.78, 5) is 12.2. The standard InChI is InChI=1S/C18H22ClNO4/c1-4-23-17(22)18(2,3)15(21)16(20-11-5-6-12-20)24-14-9-7-13(19)8-10-14/h5-12,15-16,21H,4H2,1-3H3. The first-order chi connectivity index (χ1) is 11.4. The number of benzene rings is 1. The molecule has 0 radical (unpaired) electrons. The van der Waals surface area contributed by atoms with Crippen LogP contribution in [0.4, 0.5) is 0 Å². The number of aliphatic hydroxyl groups excluding tert-OH is 1. The molecular weight excluding hydrogens is 330 g/mol. The summed E-state index contributed by atoms with van der Waals surface area (Å²) in [5, 5.41) is 11.4. The van der Waals surface area contributed by atoms with E-state index in [1.54, 1.807) is 62.0 Å². The Morgan fingerprint density at radius 1 is 1.25 bits per heavy atom. The zero-order chi connectivity index (χ0) is 17.7. The number of aromatic nitrogens is 1. The Morgan fingerprint density at radius 2 is 1.83 bits per heavy atom. The quantitative estimate of drug-likeness (QED) is 0.773. The second kappa shape index (κ2) is 7.73. The molecule has 0 aliphatic carbocycles. The summed E-state index contributed by atoms with van der Waals surface area (Å²) in [6.45, 7) is 5.25. The Balaban J connectivity index is 2.29. The van der Waals surface area contributed by atoms with Crippen LogP contribution in [0.25, 0.3) is 0 Å². The van der Waals surface area contributed by atoms with Crippen molar-refractivity contribution in [1.29, 1.82) is 0 Å². The summed E-state index contributed by atoms with van der Waals surface area (Å²) in [6.07, 6.45) is 1.62. The lowest BCUT2D eigenvalue weighted by Crippen LogP contribution is -2.45. The van der Waals surface area contributed by atoms with Gasteiger partial charge in [-0.1, -0.05) is 11.6 Å². The zero-order valence-corrected chi connectivity index (χ0v) is 14.7. The number of hydrogen-bond acceptors (Lipinski definition) is 4. The van der Waals surface area contributed by atoms with Gasteiger partial charge in [-0.3, -0.25) is 4.79 Å². The smallest absolute Gasteiger partial charge is 0.314 e. The number of halogens is 1. The number of carbonyl (C=O) groups is 1. The number of esters is 1. The molecule has 0 aliphatic rings. The fourth-order valence-corrected chi connectivity index (χ4v) is 2.38. The summed E-state index contributed by atoms with van der Waals surface area (Å²) >= 11 is 5.89. The minimum absolute atomic E-state index is 0.251. The molecule has 0 amide bonds. The van der Waals surface area contributed by atoms with Gasteiger partial charge in [0.05, 0.1) is 12.0 Å². The first-order valence-corrected chi connectivity index (χ1v) is 8.14. The van der Waals surface area contributed by atoms with Gasteiger partial charge in [0.1, 0.15) is 11.9 Å². The predicted octanol–water partition coefficient (Wildman–Crippen LogP) is 3.67. The third-order valence-corrected chi connectivity index (χ3v) is 4.05. The fraction of sp³-hybridized carbons (Fsp3) is 0.389. The van der Waals surface area contributed by atoms with Gasteiger partial charge in [0.15, 0.2) is 0 Å². The SMILES string of the molecule is CCOC(=O)C(C)(C)C(O)C(Oc1ccc(Cl)cc1)n1cccc1. The van der Waals surface area contributed by atoms with Gasteiger partial charge in [-0.25, -0.2) is 0 Å². The monoisotopic (exact) mass is 351 g/mol. The second-order valence-corrected chi connectivity index (χ2v) is 6.42. The molecule has 2 atom stereocenters. The molecule has 0 saturated carbocycles. The highest BCUT2D eigenvalue weighted by Crippen LogP contribution is 2.32. The summed E-state index contributed by atoms with van der Waals surface area (Å²) in [6, 6.07) is 10.5. The van der Waals surface area contributed by atoms with Crippen LogP contribution in [0, 0.1) is 5.41 Å². The lowest BCUT2D eigenvalue weighted by molar-refractivity contribution is -0.167. The maximum atomic E-state index is 12.2. The highest BCUT2D eigenvalue weighted by Gasteiger charge is 2.43. The Morgan fingerprint density at radius 3 is 2.38 bits per heavy atom. The van der Waals surface area contributed by atoms with E-state index in [1.807, 2.05) is 12.1 Å². The van der Waals surface area contributed by atoms with Crippen LogP contribution in [0.15, 0.2) is 48.8 Å². The van der Waals surface area contributed by atoms with Gasteiger partial charge in [0.25, 0.3) is 0 Å². The normalized spacial score (nSPS) is 14.0. The van der Waals surface area contributed by atoms with Gasteiger partial charge >= 0.3 is 5.97 Å². The molecule has 5 nitrogen and oxygen atoms in total. The van der Waals surface area contributed by atoms with E-state index < -0.39 is 23.7 Å². The van der Waals surface area contributed by atoms with Crippen LogP contribution in [0.5, 0.6) is 5.75 Å². The molecule has 0 bridgehead atoms. The van der Waals surface area contributed by atoms with E-state index in [1.165, 1.54) is 0 Å². The van der Waals surface area contributed by atoms with E-state index in [9.17, 15) is 9.90 Å². The number of aliphatic hydroxyl groups is 1. The van der Waals surface area contributed by atoms with E-state index >= 15 is 0 Å². The van der Waals surface area contributed by atoms with Gasteiger partial charge in [-0.2, -0.15) is 0 Å². The van der Waals surface area contributed by atoms with Crippen molar-refractivity contribution in [3.05, 3.63) is 53.8 Å².